The highest BCUT2D eigenvalue weighted by Crippen LogP contribution is 2.22. The first kappa shape index (κ1) is 22.5. The zero-order chi connectivity index (χ0) is 19.8. The smallest absolute Gasteiger partial charge is 0.211 e. The Morgan fingerprint density at radius 2 is 2.04 bits per heavy atom. The van der Waals surface area contributed by atoms with Crippen LogP contribution < -0.4 is 10.6 Å². The van der Waals surface area contributed by atoms with E-state index in [0.717, 1.165) is 5.76 Å². The zero-order valence-electron chi connectivity index (χ0n) is 16.4. The normalized spacial score (nSPS) is 15.1. The highest BCUT2D eigenvalue weighted by molar-refractivity contribution is 7.88. The van der Waals surface area contributed by atoms with Gasteiger partial charge in [-0.05, 0) is 39.3 Å². The minimum atomic E-state index is -3.17. The third-order valence-electron chi connectivity index (χ3n) is 3.86. The highest BCUT2D eigenvalue weighted by Gasteiger charge is 2.26. The summed E-state index contributed by atoms with van der Waals surface area (Å²) in [4.78, 5) is 4.41. The number of nitrogens with zero attached hydrogens (tertiary/aromatic N) is 2. The molecule has 150 valence electrons. The fraction of sp³-hybridized carbons (Fsp3) is 0.706. The molecule has 0 fully saturated rings. The zero-order valence-corrected chi connectivity index (χ0v) is 17.2. The predicted molar refractivity (Wildman–Crippen MR) is 104 cm³/mol. The Kier molecular flexibility index (Phi) is 8.58. The van der Waals surface area contributed by atoms with Crippen LogP contribution in [0.2, 0.25) is 0 Å². The Hall–Kier alpha value is -1.58. The fourth-order valence-electron chi connectivity index (χ4n) is 2.40. The van der Waals surface area contributed by atoms with E-state index in [1.165, 1.54) is 10.6 Å². The van der Waals surface area contributed by atoms with Gasteiger partial charge in [0.2, 0.25) is 10.0 Å². The van der Waals surface area contributed by atoms with Gasteiger partial charge in [-0.1, -0.05) is 6.92 Å². The van der Waals surface area contributed by atoms with Crippen LogP contribution in [0.15, 0.2) is 21.5 Å². The summed E-state index contributed by atoms with van der Waals surface area (Å²) in [5, 5.41) is 16.8. The van der Waals surface area contributed by atoms with Gasteiger partial charge in [0.25, 0.3) is 0 Å². The average molecular weight is 389 g/mol. The summed E-state index contributed by atoms with van der Waals surface area (Å²) in [7, 11) is -3.17. The molecule has 1 unspecified atom stereocenters. The number of nitrogens with one attached hydrogen (secondary N) is 2. The molecule has 1 rings (SSSR count). The standard InChI is InChI=1S/C17H32N4O4S/c1-6-18-16(19-11-8-12-21(7-2)26(5,23)24)20-13-17(4,22)15-10-9-14(3)25-15/h9-10,22H,6-8,11-13H2,1-5H3,(H2,18,19,20). The number of furan rings is 1. The maximum atomic E-state index is 11.6. The molecule has 0 amide bonds. The monoisotopic (exact) mass is 388 g/mol. The first-order chi connectivity index (χ1) is 12.1. The molecule has 0 aliphatic heterocycles. The average Bonchev–Trinajstić information content (AvgIpc) is 2.98. The lowest BCUT2D eigenvalue weighted by Crippen LogP contribution is -2.40. The first-order valence-electron chi connectivity index (χ1n) is 8.86. The summed E-state index contributed by atoms with van der Waals surface area (Å²) in [6, 6.07) is 3.55. The number of guanidine groups is 1. The van der Waals surface area contributed by atoms with Crippen LogP contribution in [0.3, 0.4) is 0 Å². The van der Waals surface area contributed by atoms with Gasteiger partial charge in [0.15, 0.2) is 5.96 Å². The van der Waals surface area contributed by atoms with Crippen LogP contribution in [0.4, 0.5) is 0 Å². The largest absolute Gasteiger partial charge is 0.463 e. The lowest BCUT2D eigenvalue weighted by molar-refractivity contribution is 0.0428. The first-order valence-corrected chi connectivity index (χ1v) is 10.7. The van der Waals surface area contributed by atoms with Gasteiger partial charge in [-0.15, -0.1) is 0 Å². The van der Waals surface area contributed by atoms with E-state index in [0.29, 0.717) is 44.3 Å². The van der Waals surface area contributed by atoms with Gasteiger partial charge in [-0.3, -0.25) is 0 Å². The summed E-state index contributed by atoms with van der Waals surface area (Å²) in [5.41, 5.74) is -1.20. The number of hydrogen-bond donors (Lipinski definition) is 3. The van der Waals surface area contributed by atoms with Crippen LogP contribution in [0.1, 0.15) is 38.7 Å². The summed E-state index contributed by atoms with van der Waals surface area (Å²) < 4.78 is 30.1. The minimum absolute atomic E-state index is 0.139. The molecule has 0 aliphatic carbocycles. The second kappa shape index (κ2) is 9.94. The maximum Gasteiger partial charge on any atom is 0.211 e. The van der Waals surface area contributed by atoms with E-state index < -0.39 is 15.6 Å². The molecule has 0 saturated carbocycles. The molecule has 0 bridgehead atoms. The summed E-state index contributed by atoms with van der Waals surface area (Å²) in [6.45, 7) is 9.54. The van der Waals surface area contributed by atoms with E-state index in [9.17, 15) is 13.5 Å². The van der Waals surface area contributed by atoms with Gasteiger partial charge in [-0.25, -0.2) is 17.7 Å². The molecule has 26 heavy (non-hydrogen) atoms. The van der Waals surface area contributed by atoms with Crippen LogP contribution in [0, 0.1) is 6.92 Å². The minimum Gasteiger partial charge on any atom is -0.463 e. The molecular weight excluding hydrogens is 356 g/mol. The molecule has 0 spiro atoms. The second-order valence-corrected chi connectivity index (χ2v) is 8.40. The Morgan fingerprint density at radius 3 is 2.54 bits per heavy atom. The van der Waals surface area contributed by atoms with E-state index in [-0.39, 0.29) is 6.54 Å². The summed E-state index contributed by atoms with van der Waals surface area (Å²) in [5.74, 6) is 1.78. The maximum absolute atomic E-state index is 11.6. The van der Waals surface area contributed by atoms with Crippen molar-refractivity contribution in [3.05, 3.63) is 23.7 Å². The topological polar surface area (TPSA) is 107 Å². The summed E-state index contributed by atoms with van der Waals surface area (Å²) >= 11 is 0. The third-order valence-corrected chi connectivity index (χ3v) is 5.24. The number of hydrogen-bond acceptors (Lipinski definition) is 5. The number of aliphatic hydroxyl groups is 1. The van der Waals surface area contributed by atoms with E-state index in [1.807, 2.05) is 20.8 Å². The van der Waals surface area contributed by atoms with Crippen molar-refractivity contribution >= 4 is 16.0 Å². The lowest BCUT2D eigenvalue weighted by Gasteiger charge is -2.20. The molecule has 1 aromatic rings. The molecule has 0 aliphatic rings. The van der Waals surface area contributed by atoms with Crippen molar-refractivity contribution in [3.63, 3.8) is 0 Å². The van der Waals surface area contributed by atoms with Crippen molar-refractivity contribution in [2.45, 2.75) is 39.7 Å². The quantitative estimate of drug-likeness (QED) is 0.314. The molecule has 8 nitrogen and oxygen atoms in total. The van der Waals surface area contributed by atoms with Crippen molar-refractivity contribution in [3.8, 4) is 0 Å². The Balaban J connectivity index is 2.58. The van der Waals surface area contributed by atoms with Crippen LogP contribution in [0.25, 0.3) is 0 Å². The second-order valence-electron chi connectivity index (χ2n) is 6.41. The SMILES string of the molecule is CCNC(=NCC(C)(O)c1ccc(C)o1)NCCCN(CC)S(C)(=O)=O. The van der Waals surface area contributed by atoms with Crippen LogP contribution >= 0.6 is 0 Å². The van der Waals surface area contributed by atoms with Crippen molar-refractivity contribution in [2.24, 2.45) is 4.99 Å². The molecule has 0 radical (unpaired) electrons. The van der Waals surface area contributed by atoms with Crippen molar-refractivity contribution in [1.82, 2.24) is 14.9 Å². The number of sulfonamides is 1. The van der Waals surface area contributed by atoms with Crippen LogP contribution in [-0.4, -0.2) is 62.8 Å². The predicted octanol–water partition coefficient (Wildman–Crippen LogP) is 1.02. The van der Waals surface area contributed by atoms with Gasteiger partial charge in [-0.2, -0.15) is 0 Å². The molecule has 1 aromatic heterocycles. The van der Waals surface area contributed by atoms with Gasteiger partial charge < -0.3 is 20.2 Å². The van der Waals surface area contributed by atoms with E-state index in [4.69, 9.17) is 4.42 Å². The van der Waals surface area contributed by atoms with Gasteiger partial charge in [0.1, 0.15) is 17.1 Å². The third kappa shape index (κ3) is 7.35. The van der Waals surface area contributed by atoms with E-state index >= 15 is 0 Å². The number of aryl methyl sites for hydroxylation is 1. The molecule has 3 N–H and O–H groups in total. The Labute approximate surface area is 156 Å². The van der Waals surface area contributed by atoms with Crippen LogP contribution in [-0.2, 0) is 15.6 Å². The van der Waals surface area contributed by atoms with E-state index in [2.05, 4.69) is 15.6 Å². The van der Waals surface area contributed by atoms with Crippen molar-refractivity contribution in [1.29, 1.82) is 0 Å². The van der Waals surface area contributed by atoms with Gasteiger partial charge in [0, 0.05) is 26.2 Å². The van der Waals surface area contributed by atoms with Gasteiger partial charge >= 0.3 is 0 Å². The number of rotatable bonds is 10. The molecule has 9 heteroatoms. The van der Waals surface area contributed by atoms with Crippen molar-refractivity contribution < 1.29 is 17.9 Å². The van der Waals surface area contributed by atoms with E-state index in [1.54, 1.807) is 19.1 Å². The number of aliphatic imine (C=N–C) groups is 1. The molecular formula is C17H32N4O4S. The Bertz CT molecular complexity index is 683. The molecule has 0 saturated heterocycles. The lowest BCUT2D eigenvalue weighted by atomic mass is 10.0. The van der Waals surface area contributed by atoms with Crippen LogP contribution in [0.5, 0.6) is 0 Å². The highest BCUT2D eigenvalue weighted by atomic mass is 32.2. The van der Waals surface area contributed by atoms with Gasteiger partial charge in [0.05, 0.1) is 12.8 Å². The fourth-order valence-corrected chi connectivity index (χ4v) is 3.33. The molecule has 1 atom stereocenters. The summed E-state index contributed by atoms with van der Waals surface area (Å²) in [6.07, 6.45) is 1.87. The van der Waals surface area contributed by atoms with Crippen molar-refractivity contribution in [2.75, 3.05) is 39.0 Å². The molecule has 1 heterocycles. The molecule has 0 aromatic carbocycles. The Morgan fingerprint density at radius 1 is 1.35 bits per heavy atom.